The van der Waals surface area contributed by atoms with Crippen LogP contribution in [0.2, 0.25) is 0 Å². The summed E-state index contributed by atoms with van der Waals surface area (Å²) in [6.07, 6.45) is 1.43. The summed E-state index contributed by atoms with van der Waals surface area (Å²) in [5.41, 5.74) is 1.50. The lowest BCUT2D eigenvalue weighted by molar-refractivity contribution is -0.254. The van der Waals surface area contributed by atoms with Crippen LogP contribution >= 0.6 is 0 Å². The summed E-state index contributed by atoms with van der Waals surface area (Å²) in [7, 11) is 3.05. The number of ether oxygens (including phenoxy) is 2. The molecule has 2 aromatic carbocycles. The summed E-state index contributed by atoms with van der Waals surface area (Å²) < 4.78 is 12.0. The molecule has 0 atom stereocenters. The van der Waals surface area contributed by atoms with Crippen LogP contribution < -0.4 is 14.6 Å². The molecule has 0 saturated heterocycles. The molecule has 6 heteroatoms. The van der Waals surface area contributed by atoms with Gasteiger partial charge in [0.15, 0.2) is 0 Å². The Labute approximate surface area is 138 Å². The van der Waals surface area contributed by atoms with E-state index in [2.05, 4.69) is 5.10 Å². The summed E-state index contributed by atoms with van der Waals surface area (Å²) in [5, 5.41) is 16.0. The molecule has 0 spiro atoms. The van der Waals surface area contributed by atoms with E-state index in [-0.39, 0.29) is 11.3 Å². The second-order valence-corrected chi connectivity index (χ2v) is 5.03. The van der Waals surface area contributed by atoms with Crippen molar-refractivity contribution in [2.24, 2.45) is 0 Å². The van der Waals surface area contributed by atoms with Crippen molar-refractivity contribution >= 4 is 5.97 Å². The van der Waals surface area contributed by atoms with Gasteiger partial charge in [-0.1, -0.05) is 18.2 Å². The summed E-state index contributed by atoms with van der Waals surface area (Å²) in [5.74, 6) is -0.238. The Hall–Kier alpha value is -3.28. The molecule has 6 nitrogen and oxygen atoms in total. The van der Waals surface area contributed by atoms with E-state index >= 15 is 0 Å². The van der Waals surface area contributed by atoms with Gasteiger partial charge in [0, 0.05) is 17.3 Å². The van der Waals surface area contributed by atoms with E-state index in [1.165, 1.54) is 25.1 Å². The van der Waals surface area contributed by atoms with Gasteiger partial charge in [-0.3, -0.25) is 0 Å². The Morgan fingerprint density at radius 1 is 1.08 bits per heavy atom. The van der Waals surface area contributed by atoms with Crippen LogP contribution in [0.15, 0.2) is 54.7 Å². The summed E-state index contributed by atoms with van der Waals surface area (Å²) in [6.45, 7) is 0. The van der Waals surface area contributed by atoms with Gasteiger partial charge >= 0.3 is 0 Å². The van der Waals surface area contributed by atoms with Crippen molar-refractivity contribution < 1.29 is 19.4 Å². The Bertz CT molecular complexity index is 872. The number of aromatic nitrogens is 2. The standard InChI is InChI=1S/C18H16N2O4/c1-23-13-8-9-16(24-2)14(10-13)17-15(18(21)22)11-20(19-17)12-6-4-3-5-7-12/h3-11H,1-2H3,(H,21,22)/p-1. The number of carboxylic acids is 1. The monoisotopic (exact) mass is 323 g/mol. The number of carboxylic acid groups (broad SMARTS) is 1. The van der Waals surface area contributed by atoms with Crippen molar-refractivity contribution in [3.8, 4) is 28.4 Å². The maximum Gasteiger partial charge on any atom is 0.128 e. The first kappa shape index (κ1) is 15.6. The van der Waals surface area contributed by atoms with Crippen LogP contribution in [0.5, 0.6) is 11.5 Å². The van der Waals surface area contributed by atoms with Crippen LogP contribution in [0, 0.1) is 0 Å². The molecule has 1 aromatic heterocycles. The average Bonchev–Trinajstić information content (AvgIpc) is 3.07. The van der Waals surface area contributed by atoms with E-state index in [1.807, 2.05) is 30.3 Å². The Kier molecular flexibility index (Phi) is 4.20. The molecule has 3 aromatic rings. The first-order valence-corrected chi connectivity index (χ1v) is 7.23. The molecule has 0 saturated carbocycles. The molecular formula is C18H15N2O4-. The number of para-hydroxylation sites is 1. The molecule has 0 N–H and O–H groups in total. The second kappa shape index (κ2) is 6.45. The lowest BCUT2D eigenvalue weighted by Gasteiger charge is -2.10. The van der Waals surface area contributed by atoms with Gasteiger partial charge in [-0.15, -0.1) is 0 Å². The molecular weight excluding hydrogens is 308 g/mol. The fraction of sp³-hybridized carbons (Fsp3) is 0.111. The number of aromatic carboxylic acids is 1. The molecule has 0 aliphatic heterocycles. The number of hydrogen-bond donors (Lipinski definition) is 0. The minimum Gasteiger partial charge on any atom is -0.545 e. The van der Waals surface area contributed by atoms with E-state index in [4.69, 9.17) is 9.47 Å². The minimum absolute atomic E-state index is 0.0228. The van der Waals surface area contributed by atoms with E-state index < -0.39 is 5.97 Å². The van der Waals surface area contributed by atoms with Crippen molar-refractivity contribution in [3.63, 3.8) is 0 Å². The van der Waals surface area contributed by atoms with E-state index in [9.17, 15) is 9.90 Å². The third kappa shape index (κ3) is 2.81. The largest absolute Gasteiger partial charge is 0.545 e. The number of carbonyl (C=O) groups is 1. The molecule has 24 heavy (non-hydrogen) atoms. The van der Waals surface area contributed by atoms with Crippen molar-refractivity contribution in [2.45, 2.75) is 0 Å². The molecule has 0 radical (unpaired) electrons. The van der Waals surface area contributed by atoms with Gasteiger partial charge in [-0.2, -0.15) is 5.10 Å². The quantitative estimate of drug-likeness (QED) is 0.717. The zero-order chi connectivity index (χ0) is 17.1. The lowest BCUT2D eigenvalue weighted by atomic mass is 10.1. The second-order valence-electron chi connectivity index (χ2n) is 5.03. The maximum atomic E-state index is 11.6. The molecule has 0 aliphatic carbocycles. The Morgan fingerprint density at radius 3 is 2.46 bits per heavy atom. The summed E-state index contributed by atoms with van der Waals surface area (Å²) >= 11 is 0. The van der Waals surface area contributed by atoms with Crippen LogP contribution in [0.1, 0.15) is 10.4 Å². The van der Waals surface area contributed by atoms with Crippen LogP contribution in [-0.2, 0) is 0 Å². The van der Waals surface area contributed by atoms with Crippen LogP contribution in [0.25, 0.3) is 16.9 Å². The first-order valence-electron chi connectivity index (χ1n) is 7.23. The van der Waals surface area contributed by atoms with Crippen LogP contribution in [0.4, 0.5) is 0 Å². The Balaban J connectivity index is 2.21. The lowest BCUT2D eigenvalue weighted by Crippen LogP contribution is -2.22. The number of rotatable bonds is 5. The molecule has 0 bridgehead atoms. The molecule has 0 unspecified atom stereocenters. The fourth-order valence-electron chi connectivity index (χ4n) is 2.43. The molecule has 1 heterocycles. The zero-order valence-electron chi connectivity index (χ0n) is 13.2. The molecule has 122 valence electrons. The zero-order valence-corrected chi connectivity index (χ0v) is 13.2. The third-order valence-electron chi connectivity index (χ3n) is 3.62. The maximum absolute atomic E-state index is 11.6. The van der Waals surface area contributed by atoms with Gasteiger partial charge in [0.2, 0.25) is 0 Å². The topological polar surface area (TPSA) is 76.4 Å². The van der Waals surface area contributed by atoms with Gasteiger partial charge in [0.25, 0.3) is 0 Å². The highest BCUT2D eigenvalue weighted by Crippen LogP contribution is 2.34. The van der Waals surface area contributed by atoms with E-state index in [0.717, 1.165) is 5.69 Å². The van der Waals surface area contributed by atoms with Crippen molar-refractivity contribution in [1.82, 2.24) is 9.78 Å². The van der Waals surface area contributed by atoms with E-state index in [0.29, 0.717) is 17.1 Å². The van der Waals surface area contributed by atoms with Gasteiger partial charge in [0.1, 0.15) is 17.2 Å². The molecule has 0 amide bonds. The number of methoxy groups -OCH3 is 2. The van der Waals surface area contributed by atoms with Gasteiger partial charge < -0.3 is 19.4 Å². The number of nitrogens with zero attached hydrogens (tertiary/aromatic N) is 2. The predicted molar refractivity (Wildman–Crippen MR) is 86.4 cm³/mol. The van der Waals surface area contributed by atoms with E-state index in [1.54, 1.807) is 18.2 Å². The van der Waals surface area contributed by atoms with Gasteiger partial charge in [-0.05, 0) is 30.3 Å². The highest BCUT2D eigenvalue weighted by Gasteiger charge is 2.17. The fourth-order valence-corrected chi connectivity index (χ4v) is 2.43. The molecule has 3 rings (SSSR count). The highest BCUT2D eigenvalue weighted by molar-refractivity contribution is 5.94. The average molecular weight is 323 g/mol. The van der Waals surface area contributed by atoms with Crippen LogP contribution in [-0.4, -0.2) is 30.0 Å². The number of benzene rings is 2. The van der Waals surface area contributed by atoms with Crippen molar-refractivity contribution in [2.75, 3.05) is 14.2 Å². The highest BCUT2D eigenvalue weighted by atomic mass is 16.5. The van der Waals surface area contributed by atoms with Gasteiger partial charge in [0.05, 0.1) is 25.9 Å². The molecule has 0 fully saturated rings. The van der Waals surface area contributed by atoms with Crippen molar-refractivity contribution in [3.05, 3.63) is 60.3 Å². The van der Waals surface area contributed by atoms with Crippen LogP contribution in [0.3, 0.4) is 0 Å². The normalized spacial score (nSPS) is 10.4. The summed E-state index contributed by atoms with van der Waals surface area (Å²) in [6, 6.07) is 14.4. The Morgan fingerprint density at radius 2 is 1.83 bits per heavy atom. The first-order chi connectivity index (χ1) is 11.6. The van der Waals surface area contributed by atoms with Gasteiger partial charge in [-0.25, -0.2) is 4.68 Å². The van der Waals surface area contributed by atoms with Crippen molar-refractivity contribution in [1.29, 1.82) is 0 Å². The number of hydrogen-bond acceptors (Lipinski definition) is 5. The minimum atomic E-state index is -1.31. The number of carbonyl (C=O) groups excluding carboxylic acids is 1. The summed E-state index contributed by atoms with van der Waals surface area (Å²) in [4.78, 5) is 11.6. The smallest absolute Gasteiger partial charge is 0.128 e. The SMILES string of the molecule is COc1ccc(OC)c(-c2nn(-c3ccccc3)cc2C(=O)[O-])c1. The predicted octanol–water partition coefficient (Wildman–Crippen LogP) is 1.92. The third-order valence-corrected chi connectivity index (χ3v) is 3.62. The molecule has 0 aliphatic rings.